The summed E-state index contributed by atoms with van der Waals surface area (Å²) in [6, 6.07) is 4.89. The van der Waals surface area contributed by atoms with Gasteiger partial charge in [0.2, 0.25) is 0 Å². The van der Waals surface area contributed by atoms with Crippen LogP contribution in [0.15, 0.2) is 22.7 Å². The highest BCUT2D eigenvalue weighted by molar-refractivity contribution is 9.10. The van der Waals surface area contributed by atoms with Gasteiger partial charge in [-0.3, -0.25) is 11.3 Å². The van der Waals surface area contributed by atoms with Gasteiger partial charge in [-0.2, -0.15) is 0 Å². The van der Waals surface area contributed by atoms with E-state index in [4.69, 9.17) is 5.84 Å². The third-order valence-corrected chi connectivity index (χ3v) is 3.76. The van der Waals surface area contributed by atoms with Crippen LogP contribution in [0.25, 0.3) is 0 Å². The average Bonchev–Trinajstić information content (AvgIpc) is 2.35. The van der Waals surface area contributed by atoms with Crippen LogP contribution in [-0.2, 0) is 0 Å². The van der Waals surface area contributed by atoms with Gasteiger partial charge in [-0.15, -0.1) is 0 Å². The Morgan fingerprint density at radius 1 is 1.28 bits per heavy atom. The number of nitrogens with two attached hydrogens (primary N) is 1. The maximum atomic E-state index is 13.9. The van der Waals surface area contributed by atoms with Gasteiger partial charge in [-0.25, -0.2) is 4.39 Å². The summed E-state index contributed by atoms with van der Waals surface area (Å²) >= 11 is 3.39. The molecule has 0 saturated carbocycles. The van der Waals surface area contributed by atoms with Gasteiger partial charge in [-0.05, 0) is 37.0 Å². The molecule has 1 unspecified atom stereocenters. The topological polar surface area (TPSA) is 38.0 Å². The standard InChI is InChI=1S/C14H22BrFN2/c1-3-5-10(6-4-2)14(18-17)12-9-11(15)7-8-13(12)16/h7-10,14,18H,3-6,17H2,1-2H3. The Balaban J connectivity index is 3.01. The highest BCUT2D eigenvalue weighted by Gasteiger charge is 2.23. The van der Waals surface area contributed by atoms with Crippen LogP contribution in [0.4, 0.5) is 4.39 Å². The van der Waals surface area contributed by atoms with Gasteiger partial charge in [-0.1, -0.05) is 42.6 Å². The molecular formula is C14H22BrFN2. The Kier molecular flexibility index (Phi) is 6.82. The smallest absolute Gasteiger partial charge is 0.128 e. The lowest BCUT2D eigenvalue weighted by Gasteiger charge is -2.27. The van der Waals surface area contributed by atoms with E-state index in [1.807, 2.05) is 6.07 Å². The number of hydrazine groups is 1. The first kappa shape index (κ1) is 15.6. The molecule has 0 aliphatic rings. The molecule has 1 rings (SSSR count). The molecule has 0 aliphatic heterocycles. The first-order chi connectivity index (χ1) is 8.63. The van der Waals surface area contributed by atoms with E-state index in [-0.39, 0.29) is 11.9 Å². The minimum absolute atomic E-state index is 0.123. The lowest BCUT2D eigenvalue weighted by molar-refractivity contribution is 0.312. The summed E-state index contributed by atoms with van der Waals surface area (Å²) < 4.78 is 14.8. The van der Waals surface area contributed by atoms with Crippen molar-refractivity contribution in [2.45, 2.75) is 45.6 Å². The van der Waals surface area contributed by atoms with E-state index in [9.17, 15) is 4.39 Å². The molecule has 0 heterocycles. The third kappa shape index (κ3) is 4.04. The van der Waals surface area contributed by atoms with Gasteiger partial charge in [0.15, 0.2) is 0 Å². The largest absolute Gasteiger partial charge is 0.271 e. The lowest BCUT2D eigenvalue weighted by Crippen LogP contribution is -2.34. The van der Waals surface area contributed by atoms with E-state index in [0.29, 0.717) is 11.5 Å². The van der Waals surface area contributed by atoms with E-state index in [1.54, 1.807) is 6.07 Å². The van der Waals surface area contributed by atoms with Crippen molar-refractivity contribution < 1.29 is 4.39 Å². The van der Waals surface area contributed by atoms with Crippen molar-refractivity contribution >= 4 is 15.9 Å². The normalized spacial score (nSPS) is 13.0. The summed E-state index contributed by atoms with van der Waals surface area (Å²) in [7, 11) is 0. The number of benzene rings is 1. The van der Waals surface area contributed by atoms with E-state index < -0.39 is 0 Å². The van der Waals surface area contributed by atoms with Crippen LogP contribution in [0, 0.1) is 11.7 Å². The molecule has 1 aromatic rings. The first-order valence-electron chi connectivity index (χ1n) is 6.55. The van der Waals surface area contributed by atoms with Gasteiger partial charge in [0.1, 0.15) is 5.82 Å². The highest BCUT2D eigenvalue weighted by Crippen LogP contribution is 2.32. The fourth-order valence-electron chi connectivity index (χ4n) is 2.45. The van der Waals surface area contributed by atoms with Crippen LogP contribution in [0.5, 0.6) is 0 Å². The van der Waals surface area contributed by atoms with Crippen LogP contribution in [0.1, 0.15) is 51.1 Å². The summed E-state index contributed by atoms with van der Waals surface area (Å²) in [5.41, 5.74) is 3.45. The number of rotatable bonds is 7. The SMILES string of the molecule is CCCC(CCC)C(NN)c1cc(Br)ccc1F. The molecule has 0 radical (unpaired) electrons. The molecule has 1 aromatic carbocycles. The zero-order valence-corrected chi connectivity index (χ0v) is 12.6. The second-order valence-corrected chi connectivity index (χ2v) is 5.56. The van der Waals surface area contributed by atoms with Crippen LogP contribution < -0.4 is 11.3 Å². The maximum absolute atomic E-state index is 13.9. The molecule has 0 aromatic heterocycles. The fraction of sp³-hybridized carbons (Fsp3) is 0.571. The summed E-state index contributed by atoms with van der Waals surface area (Å²) in [5.74, 6) is 5.83. The van der Waals surface area contributed by atoms with Gasteiger partial charge in [0.25, 0.3) is 0 Å². The molecule has 0 saturated heterocycles. The monoisotopic (exact) mass is 316 g/mol. The minimum atomic E-state index is -0.196. The van der Waals surface area contributed by atoms with Crippen LogP contribution in [0.3, 0.4) is 0 Å². The summed E-state index contributed by atoms with van der Waals surface area (Å²) in [6.45, 7) is 4.29. The average molecular weight is 317 g/mol. The van der Waals surface area contributed by atoms with Gasteiger partial charge >= 0.3 is 0 Å². The van der Waals surface area contributed by atoms with Gasteiger partial charge in [0.05, 0.1) is 6.04 Å². The van der Waals surface area contributed by atoms with Crippen LogP contribution >= 0.6 is 15.9 Å². The Hall–Kier alpha value is -0.450. The number of hydrogen-bond acceptors (Lipinski definition) is 2. The van der Waals surface area contributed by atoms with E-state index in [1.165, 1.54) is 6.07 Å². The van der Waals surface area contributed by atoms with Crippen molar-refractivity contribution in [1.82, 2.24) is 5.43 Å². The van der Waals surface area contributed by atoms with Gasteiger partial charge < -0.3 is 0 Å². The molecule has 0 aliphatic carbocycles. The number of halogens is 2. The first-order valence-corrected chi connectivity index (χ1v) is 7.34. The highest BCUT2D eigenvalue weighted by atomic mass is 79.9. The van der Waals surface area contributed by atoms with E-state index in [2.05, 4.69) is 35.2 Å². The predicted octanol–water partition coefficient (Wildman–Crippen LogP) is 4.31. The molecule has 102 valence electrons. The maximum Gasteiger partial charge on any atom is 0.128 e. The Labute approximate surface area is 117 Å². The molecule has 3 N–H and O–H groups in total. The van der Waals surface area contributed by atoms with Crippen molar-refractivity contribution in [2.24, 2.45) is 11.8 Å². The Morgan fingerprint density at radius 3 is 2.39 bits per heavy atom. The number of hydrogen-bond donors (Lipinski definition) is 2. The van der Waals surface area contributed by atoms with Gasteiger partial charge in [0, 0.05) is 10.0 Å². The summed E-state index contributed by atoms with van der Waals surface area (Å²) in [5, 5.41) is 0. The Morgan fingerprint density at radius 2 is 1.89 bits per heavy atom. The molecule has 4 heteroatoms. The third-order valence-electron chi connectivity index (χ3n) is 3.26. The minimum Gasteiger partial charge on any atom is -0.271 e. The van der Waals surface area contributed by atoms with Crippen molar-refractivity contribution in [3.8, 4) is 0 Å². The van der Waals surface area contributed by atoms with Crippen LogP contribution in [-0.4, -0.2) is 0 Å². The number of nitrogens with one attached hydrogen (secondary N) is 1. The van der Waals surface area contributed by atoms with Crippen LogP contribution in [0.2, 0.25) is 0 Å². The zero-order valence-electron chi connectivity index (χ0n) is 11.0. The second-order valence-electron chi connectivity index (χ2n) is 4.65. The summed E-state index contributed by atoms with van der Waals surface area (Å²) in [4.78, 5) is 0. The van der Waals surface area contributed by atoms with Crippen molar-refractivity contribution in [2.75, 3.05) is 0 Å². The fourth-order valence-corrected chi connectivity index (χ4v) is 2.83. The van der Waals surface area contributed by atoms with Crippen molar-refractivity contribution in [1.29, 1.82) is 0 Å². The molecule has 2 nitrogen and oxygen atoms in total. The molecule has 0 spiro atoms. The van der Waals surface area contributed by atoms with Crippen molar-refractivity contribution in [3.05, 3.63) is 34.1 Å². The van der Waals surface area contributed by atoms with E-state index >= 15 is 0 Å². The van der Waals surface area contributed by atoms with Crippen molar-refractivity contribution in [3.63, 3.8) is 0 Å². The summed E-state index contributed by atoms with van der Waals surface area (Å²) in [6.07, 6.45) is 4.26. The lowest BCUT2D eigenvalue weighted by atomic mass is 9.86. The molecule has 0 bridgehead atoms. The second kappa shape index (κ2) is 7.87. The predicted molar refractivity (Wildman–Crippen MR) is 77.5 cm³/mol. The van der Waals surface area contributed by atoms with E-state index in [0.717, 1.165) is 30.2 Å². The molecule has 0 fully saturated rings. The molecule has 18 heavy (non-hydrogen) atoms. The quantitative estimate of drug-likeness (QED) is 0.581. The molecular weight excluding hydrogens is 295 g/mol. The molecule has 0 amide bonds. The zero-order chi connectivity index (χ0) is 13.5. The molecule has 1 atom stereocenters. The Bertz CT molecular complexity index is 365.